The Labute approximate surface area is 182 Å². The van der Waals surface area contributed by atoms with Crippen LogP contribution in [0.3, 0.4) is 0 Å². The van der Waals surface area contributed by atoms with Crippen molar-refractivity contribution in [3.05, 3.63) is 47.6 Å². The van der Waals surface area contributed by atoms with Crippen LogP contribution in [-0.4, -0.2) is 46.2 Å². The van der Waals surface area contributed by atoms with Crippen LogP contribution in [0.1, 0.15) is 71.6 Å². The first-order valence-corrected chi connectivity index (χ1v) is 11.7. The predicted octanol–water partition coefficient (Wildman–Crippen LogP) is 4.19. The SMILES string of the molecule is C=C1[C@H](O)CC(=C/C=C2\CCC[C@@]3(C)[C@H]2CC[C@@]3(C/C=C/C[C@H](C)O)NC)C[C@H]1O. The summed E-state index contributed by atoms with van der Waals surface area (Å²) in [6.45, 7) is 8.10. The number of rotatable bonds is 6. The minimum absolute atomic E-state index is 0.0917. The molecule has 0 bridgehead atoms. The quantitative estimate of drug-likeness (QED) is 0.491. The van der Waals surface area contributed by atoms with Crippen LogP contribution in [0.15, 0.2) is 47.6 Å². The number of allylic oxidation sites excluding steroid dienone is 3. The predicted molar refractivity (Wildman–Crippen MR) is 123 cm³/mol. The maximum atomic E-state index is 10.1. The maximum absolute atomic E-state index is 10.1. The highest BCUT2D eigenvalue weighted by Crippen LogP contribution is 2.60. The molecule has 0 spiro atoms. The van der Waals surface area contributed by atoms with Gasteiger partial charge in [0.25, 0.3) is 0 Å². The van der Waals surface area contributed by atoms with Gasteiger partial charge in [-0.15, -0.1) is 0 Å². The lowest BCUT2D eigenvalue weighted by atomic mass is 9.59. The first-order chi connectivity index (χ1) is 14.2. The second-order valence-electron chi connectivity index (χ2n) is 10.0. The lowest BCUT2D eigenvalue weighted by Gasteiger charge is -2.50. The summed E-state index contributed by atoms with van der Waals surface area (Å²) < 4.78 is 0. The Balaban J connectivity index is 1.78. The number of aliphatic hydroxyl groups is 3. The van der Waals surface area contributed by atoms with Crippen LogP contribution in [0.25, 0.3) is 0 Å². The number of hydrogen-bond acceptors (Lipinski definition) is 4. The highest BCUT2D eigenvalue weighted by molar-refractivity contribution is 5.31. The molecule has 4 heteroatoms. The van der Waals surface area contributed by atoms with Gasteiger partial charge < -0.3 is 20.6 Å². The molecule has 0 aromatic heterocycles. The molecule has 3 rings (SSSR count). The summed E-state index contributed by atoms with van der Waals surface area (Å²) in [4.78, 5) is 0. The summed E-state index contributed by atoms with van der Waals surface area (Å²) in [5, 5.41) is 33.5. The highest BCUT2D eigenvalue weighted by Gasteiger charge is 2.57. The smallest absolute Gasteiger partial charge is 0.0809 e. The molecular formula is C26H41NO3. The van der Waals surface area contributed by atoms with Crippen LogP contribution in [0, 0.1) is 11.3 Å². The standard InChI is InChI=1S/C26H41NO3/c1-18(28)8-5-6-14-26(27-4)15-12-22-21(9-7-13-25(22,26)3)11-10-20-16-23(29)19(2)24(30)17-20/h5-6,10-11,18,22-24,27-30H,2,7-9,12-17H2,1,3-4H3/b6-5+,21-11+/t18-,22-,23+,24+,25-,26+/m0/s1. The molecule has 0 aromatic carbocycles. The summed E-state index contributed by atoms with van der Waals surface area (Å²) >= 11 is 0. The van der Waals surface area contributed by atoms with Crippen LogP contribution < -0.4 is 5.32 Å². The van der Waals surface area contributed by atoms with Gasteiger partial charge in [-0.2, -0.15) is 0 Å². The fourth-order valence-corrected chi connectivity index (χ4v) is 6.22. The van der Waals surface area contributed by atoms with Crippen LogP contribution in [0.5, 0.6) is 0 Å². The Bertz CT molecular complexity index is 706. The molecule has 168 valence electrons. The van der Waals surface area contributed by atoms with Gasteiger partial charge in [0, 0.05) is 5.54 Å². The van der Waals surface area contributed by atoms with Gasteiger partial charge in [0.15, 0.2) is 0 Å². The van der Waals surface area contributed by atoms with Crippen LogP contribution in [0.4, 0.5) is 0 Å². The van der Waals surface area contributed by atoms with E-state index in [0.717, 1.165) is 24.8 Å². The van der Waals surface area contributed by atoms with Crippen molar-refractivity contribution in [3.63, 3.8) is 0 Å². The van der Waals surface area contributed by atoms with Gasteiger partial charge in [0.1, 0.15) is 0 Å². The molecule has 3 aliphatic rings. The van der Waals surface area contributed by atoms with Crippen molar-refractivity contribution in [1.82, 2.24) is 5.32 Å². The second kappa shape index (κ2) is 9.52. The molecule has 0 saturated heterocycles. The van der Waals surface area contributed by atoms with Crippen molar-refractivity contribution >= 4 is 0 Å². The van der Waals surface area contributed by atoms with E-state index in [1.54, 1.807) is 0 Å². The van der Waals surface area contributed by atoms with Gasteiger partial charge >= 0.3 is 0 Å². The van der Waals surface area contributed by atoms with E-state index in [9.17, 15) is 15.3 Å². The van der Waals surface area contributed by atoms with Gasteiger partial charge in [-0.05, 0) is 88.7 Å². The molecule has 3 aliphatic carbocycles. The van der Waals surface area contributed by atoms with Gasteiger partial charge in [0.05, 0.1) is 18.3 Å². The Morgan fingerprint density at radius 2 is 1.87 bits per heavy atom. The number of fused-ring (bicyclic) bond motifs is 1. The number of nitrogens with one attached hydrogen (secondary N) is 1. The molecule has 0 aliphatic heterocycles. The third-order valence-corrected chi connectivity index (χ3v) is 8.22. The normalized spacial score (nSPS) is 39.5. The lowest BCUT2D eigenvalue weighted by Crippen LogP contribution is -2.55. The van der Waals surface area contributed by atoms with Gasteiger partial charge in [-0.3, -0.25) is 0 Å². The van der Waals surface area contributed by atoms with Crippen molar-refractivity contribution in [1.29, 1.82) is 0 Å². The first kappa shape index (κ1) is 23.5. The van der Waals surface area contributed by atoms with E-state index in [2.05, 4.69) is 50.2 Å². The molecular weight excluding hydrogens is 374 g/mol. The molecule has 0 radical (unpaired) electrons. The number of aliphatic hydroxyl groups excluding tert-OH is 3. The van der Waals surface area contributed by atoms with Gasteiger partial charge in [-0.25, -0.2) is 0 Å². The summed E-state index contributed by atoms with van der Waals surface area (Å²) in [6, 6.07) is 0. The van der Waals surface area contributed by atoms with E-state index >= 15 is 0 Å². The monoisotopic (exact) mass is 415 g/mol. The zero-order valence-electron chi connectivity index (χ0n) is 19.0. The molecule has 4 N–H and O–H groups in total. The average molecular weight is 416 g/mol. The third kappa shape index (κ3) is 4.52. The largest absolute Gasteiger partial charge is 0.393 e. The van der Waals surface area contributed by atoms with Crippen molar-refractivity contribution in [2.45, 2.75) is 95.5 Å². The van der Waals surface area contributed by atoms with Crippen LogP contribution in [0.2, 0.25) is 0 Å². The molecule has 0 unspecified atom stereocenters. The van der Waals surface area contributed by atoms with E-state index in [1.165, 1.54) is 24.8 Å². The van der Waals surface area contributed by atoms with Crippen LogP contribution in [-0.2, 0) is 0 Å². The fraction of sp³-hybridized carbons (Fsp3) is 0.692. The third-order valence-electron chi connectivity index (χ3n) is 8.22. The topological polar surface area (TPSA) is 72.7 Å². The van der Waals surface area contributed by atoms with E-state index in [0.29, 0.717) is 30.8 Å². The number of hydrogen-bond donors (Lipinski definition) is 4. The van der Waals surface area contributed by atoms with E-state index in [1.807, 2.05) is 6.92 Å². The lowest BCUT2D eigenvalue weighted by molar-refractivity contribution is 0.0839. The van der Waals surface area contributed by atoms with Crippen molar-refractivity contribution in [2.75, 3.05) is 7.05 Å². The summed E-state index contributed by atoms with van der Waals surface area (Å²) in [6.07, 6.45) is 16.1. The first-order valence-electron chi connectivity index (χ1n) is 11.7. The second-order valence-corrected chi connectivity index (χ2v) is 10.0. The van der Waals surface area contributed by atoms with Crippen molar-refractivity contribution in [2.24, 2.45) is 11.3 Å². The highest BCUT2D eigenvalue weighted by atomic mass is 16.3. The molecule has 0 heterocycles. The summed E-state index contributed by atoms with van der Waals surface area (Å²) in [5.74, 6) is 0.564. The van der Waals surface area contributed by atoms with Gasteiger partial charge in [-0.1, -0.05) is 49.0 Å². The Kier molecular flexibility index (Phi) is 7.44. The average Bonchev–Trinajstić information content (AvgIpc) is 3.00. The minimum Gasteiger partial charge on any atom is -0.393 e. The Morgan fingerprint density at radius 1 is 1.17 bits per heavy atom. The molecule has 4 nitrogen and oxygen atoms in total. The summed E-state index contributed by atoms with van der Waals surface area (Å²) in [7, 11) is 2.10. The molecule has 0 amide bonds. The zero-order valence-corrected chi connectivity index (χ0v) is 19.0. The van der Waals surface area contributed by atoms with E-state index in [-0.39, 0.29) is 17.1 Å². The Morgan fingerprint density at radius 3 is 2.50 bits per heavy atom. The molecule has 30 heavy (non-hydrogen) atoms. The van der Waals surface area contributed by atoms with Crippen molar-refractivity contribution < 1.29 is 15.3 Å². The van der Waals surface area contributed by atoms with Crippen LogP contribution >= 0.6 is 0 Å². The molecule has 3 saturated carbocycles. The zero-order chi connectivity index (χ0) is 21.9. The fourth-order valence-electron chi connectivity index (χ4n) is 6.22. The minimum atomic E-state index is -0.633. The molecule has 6 atom stereocenters. The molecule has 0 aromatic rings. The molecule has 3 fully saturated rings. The Hall–Kier alpha value is -1.20. The van der Waals surface area contributed by atoms with Gasteiger partial charge in [0.2, 0.25) is 0 Å². The summed E-state index contributed by atoms with van der Waals surface area (Å²) in [5.41, 5.74) is 3.48. The van der Waals surface area contributed by atoms with E-state index < -0.39 is 12.2 Å². The van der Waals surface area contributed by atoms with E-state index in [4.69, 9.17) is 0 Å². The van der Waals surface area contributed by atoms with Crippen molar-refractivity contribution in [3.8, 4) is 0 Å². The maximum Gasteiger partial charge on any atom is 0.0809 e.